The Kier molecular flexibility index (Phi) is 6.67. The Morgan fingerprint density at radius 2 is 1.93 bits per heavy atom. The maximum absolute atomic E-state index is 13.1. The third-order valence-electron chi connectivity index (χ3n) is 4.89. The van der Waals surface area contributed by atoms with E-state index in [1.54, 1.807) is 12.3 Å². The first-order valence-corrected chi connectivity index (χ1v) is 9.78. The van der Waals surface area contributed by atoms with Gasteiger partial charge in [0.1, 0.15) is 11.6 Å². The first-order chi connectivity index (χ1) is 13.4. The summed E-state index contributed by atoms with van der Waals surface area (Å²) in [4.78, 5) is 23.0. The zero-order valence-corrected chi connectivity index (χ0v) is 16.8. The summed E-state index contributed by atoms with van der Waals surface area (Å²) in [5, 5.41) is 6.73. The van der Waals surface area contributed by atoms with Crippen molar-refractivity contribution in [2.24, 2.45) is 0 Å². The quantitative estimate of drug-likeness (QED) is 0.770. The van der Waals surface area contributed by atoms with Gasteiger partial charge in [-0.3, -0.25) is 4.79 Å². The normalized spacial score (nSPS) is 19.1. The van der Waals surface area contributed by atoms with Crippen molar-refractivity contribution in [2.75, 3.05) is 24.3 Å². The summed E-state index contributed by atoms with van der Waals surface area (Å²) >= 11 is 6.00. The molecule has 0 radical (unpaired) electrons. The van der Waals surface area contributed by atoms with Gasteiger partial charge in [0.15, 0.2) is 0 Å². The number of halogens is 2. The molecule has 0 saturated heterocycles. The minimum atomic E-state index is -0.403. The number of carbonyl (C=O) groups is 1. The summed E-state index contributed by atoms with van der Waals surface area (Å²) in [6, 6.07) is 6.40. The monoisotopic (exact) mass is 405 g/mol. The third kappa shape index (κ3) is 5.55. The molecule has 1 saturated carbocycles. The molecule has 1 aliphatic carbocycles. The van der Waals surface area contributed by atoms with Gasteiger partial charge < -0.3 is 15.5 Å². The van der Waals surface area contributed by atoms with E-state index in [4.69, 9.17) is 11.6 Å². The number of aromatic nitrogens is 2. The smallest absolute Gasteiger partial charge is 0.224 e. The minimum absolute atomic E-state index is 0.0908. The van der Waals surface area contributed by atoms with E-state index in [0.29, 0.717) is 11.5 Å². The van der Waals surface area contributed by atoms with E-state index in [0.717, 1.165) is 31.5 Å². The van der Waals surface area contributed by atoms with Crippen LogP contribution in [0.3, 0.4) is 0 Å². The average molecular weight is 406 g/mol. The number of nitrogens with one attached hydrogen (secondary N) is 2. The average Bonchev–Trinajstić information content (AvgIpc) is 2.66. The van der Waals surface area contributed by atoms with Gasteiger partial charge in [-0.25, -0.2) is 9.37 Å². The molecule has 0 bridgehead atoms. The lowest BCUT2D eigenvalue weighted by molar-refractivity contribution is -0.121. The highest BCUT2D eigenvalue weighted by Gasteiger charge is 2.23. The van der Waals surface area contributed by atoms with E-state index in [-0.39, 0.29) is 29.4 Å². The maximum atomic E-state index is 13.1. The van der Waals surface area contributed by atoms with Crippen LogP contribution in [0.5, 0.6) is 0 Å². The molecule has 8 heteroatoms. The molecule has 2 N–H and O–H groups in total. The molecule has 1 aromatic heterocycles. The van der Waals surface area contributed by atoms with Gasteiger partial charge in [0, 0.05) is 37.4 Å². The topological polar surface area (TPSA) is 70.2 Å². The van der Waals surface area contributed by atoms with Gasteiger partial charge >= 0.3 is 0 Å². The van der Waals surface area contributed by atoms with E-state index in [1.807, 2.05) is 25.1 Å². The second-order valence-electron chi connectivity index (χ2n) is 7.31. The van der Waals surface area contributed by atoms with Gasteiger partial charge in [-0.1, -0.05) is 17.7 Å². The van der Waals surface area contributed by atoms with E-state index in [1.165, 1.54) is 12.1 Å². The second-order valence-corrected chi connectivity index (χ2v) is 7.71. The molecule has 150 valence electrons. The Morgan fingerprint density at radius 3 is 2.61 bits per heavy atom. The molecule has 0 aliphatic heterocycles. The van der Waals surface area contributed by atoms with Crippen molar-refractivity contribution in [3.63, 3.8) is 0 Å². The zero-order chi connectivity index (χ0) is 20.1. The number of carbonyl (C=O) groups excluding carboxylic acids is 1. The summed E-state index contributed by atoms with van der Waals surface area (Å²) in [5.41, 5.74) is 0.633. The number of hydrogen-bond donors (Lipinski definition) is 2. The van der Waals surface area contributed by atoms with Gasteiger partial charge in [0.2, 0.25) is 11.9 Å². The van der Waals surface area contributed by atoms with Gasteiger partial charge in [0.05, 0.1) is 6.42 Å². The maximum Gasteiger partial charge on any atom is 0.224 e. The first-order valence-electron chi connectivity index (χ1n) is 9.41. The van der Waals surface area contributed by atoms with E-state index in [2.05, 4.69) is 20.6 Å². The van der Waals surface area contributed by atoms with Crippen LogP contribution in [0.2, 0.25) is 5.02 Å². The summed E-state index contributed by atoms with van der Waals surface area (Å²) in [7, 11) is 3.89. The first kappa shape index (κ1) is 20.3. The van der Waals surface area contributed by atoms with Crippen molar-refractivity contribution in [2.45, 2.75) is 44.2 Å². The van der Waals surface area contributed by atoms with Gasteiger partial charge in [0.25, 0.3) is 0 Å². The Hall–Kier alpha value is -2.41. The van der Waals surface area contributed by atoms with Gasteiger partial charge in [-0.15, -0.1) is 0 Å². The molecule has 0 unspecified atom stereocenters. The fourth-order valence-corrected chi connectivity index (χ4v) is 3.58. The second kappa shape index (κ2) is 9.19. The Balaban J connectivity index is 1.46. The van der Waals surface area contributed by atoms with Crippen molar-refractivity contribution >= 4 is 29.3 Å². The highest BCUT2D eigenvalue weighted by Crippen LogP contribution is 2.22. The molecule has 0 atom stereocenters. The van der Waals surface area contributed by atoms with Crippen LogP contribution in [0.1, 0.15) is 31.2 Å². The van der Waals surface area contributed by atoms with Crippen LogP contribution in [-0.2, 0) is 11.2 Å². The molecule has 28 heavy (non-hydrogen) atoms. The lowest BCUT2D eigenvalue weighted by atomic mass is 9.91. The van der Waals surface area contributed by atoms with Crippen LogP contribution in [0.25, 0.3) is 0 Å². The van der Waals surface area contributed by atoms with Crippen LogP contribution in [0, 0.1) is 5.82 Å². The summed E-state index contributed by atoms with van der Waals surface area (Å²) in [6.07, 6.45) is 5.52. The summed E-state index contributed by atoms with van der Waals surface area (Å²) < 4.78 is 13.1. The third-order valence-corrected chi connectivity index (χ3v) is 5.24. The van der Waals surface area contributed by atoms with E-state index in [9.17, 15) is 9.18 Å². The molecule has 3 rings (SSSR count). The Morgan fingerprint density at radius 1 is 1.21 bits per heavy atom. The lowest BCUT2D eigenvalue weighted by Gasteiger charge is -2.29. The largest absolute Gasteiger partial charge is 0.363 e. The fraction of sp³-hybridized carbons (Fsp3) is 0.450. The van der Waals surface area contributed by atoms with Gasteiger partial charge in [-0.05, 0) is 49.4 Å². The van der Waals surface area contributed by atoms with E-state index < -0.39 is 5.82 Å². The van der Waals surface area contributed by atoms with Gasteiger partial charge in [-0.2, -0.15) is 4.98 Å². The zero-order valence-electron chi connectivity index (χ0n) is 16.1. The SMILES string of the molecule is CN(C)c1ccnc(NC2CCC(NC(=O)Cc3ccc(F)cc3Cl)CC2)n1. The highest BCUT2D eigenvalue weighted by atomic mass is 35.5. The highest BCUT2D eigenvalue weighted by molar-refractivity contribution is 6.31. The van der Waals surface area contributed by atoms with Crippen molar-refractivity contribution in [3.8, 4) is 0 Å². The summed E-state index contributed by atoms with van der Waals surface area (Å²) in [5.74, 6) is 0.995. The Labute approximate surface area is 169 Å². The predicted octanol–water partition coefficient (Wildman–Crippen LogP) is 3.42. The molecule has 1 heterocycles. The van der Waals surface area contributed by atoms with Crippen molar-refractivity contribution in [1.82, 2.24) is 15.3 Å². The van der Waals surface area contributed by atoms with Crippen molar-refractivity contribution < 1.29 is 9.18 Å². The van der Waals surface area contributed by atoms with Crippen LogP contribution < -0.4 is 15.5 Å². The number of nitrogens with zero attached hydrogens (tertiary/aromatic N) is 3. The molecule has 1 aliphatic rings. The van der Waals surface area contributed by atoms with Crippen LogP contribution in [0.4, 0.5) is 16.2 Å². The van der Waals surface area contributed by atoms with Crippen LogP contribution in [0.15, 0.2) is 30.5 Å². The van der Waals surface area contributed by atoms with Crippen LogP contribution in [-0.4, -0.2) is 42.1 Å². The number of hydrogen-bond acceptors (Lipinski definition) is 5. The summed E-state index contributed by atoms with van der Waals surface area (Å²) in [6.45, 7) is 0. The van der Waals surface area contributed by atoms with Crippen LogP contribution >= 0.6 is 11.6 Å². The number of benzene rings is 1. The van der Waals surface area contributed by atoms with Crippen molar-refractivity contribution in [3.05, 3.63) is 46.9 Å². The molecular formula is C20H25ClFN5O. The number of anilines is 2. The molecule has 6 nitrogen and oxygen atoms in total. The minimum Gasteiger partial charge on any atom is -0.363 e. The molecule has 2 aromatic rings. The molecule has 1 fully saturated rings. The molecule has 1 aromatic carbocycles. The number of rotatable bonds is 6. The molecule has 0 spiro atoms. The van der Waals surface area contributed by atoms with Crippen molar-refractivity contribution in [1.29, 1.82) is 0 Å². The molecule has 1 amide bonds. The standard InChI is InChI=1S/C20H25ClFN5O/c1-27(2)18-9-10-23-20(26-18)25-16-7-5-15(6-8-16)24-19(28)11-13-3-4-14(22)12-17(13)21/h3-4,9-10,12,15-16H,5-8,11H2,1-2H3,(H,24,28)(H,23,25,26). The Bertz CT molecular complexity index is 824. The lowest BCUT2D eigenvalue weighted by Crippen LogP contribution is -2.41. The predicted molar refractivity (Wildman–Crippen MR) is 109 cm³/mol. The van der Waals surface area contributed by atoms with E-state index >= 15 is 0 Å². The fourth-order valence-electron chi connectivity index (χ4n) is 3.35. The number of amides is 1. The molecular weight excluding hydrogens is 381 g/mol.